The smallest absolute Gasteiger partial charge is 0.308 e. The minimum Gasteiger partial charge on any atom is -0.481 e. The van der Waals surface area contributed by atoms with Crippen molar-refractivity contribution in [3.8, 4) is 0 Å². The number of carbonyl (C=O) groups is 2. The zero-order valence-corrected chi connectivity index (χ0v) is 14.2. The Kier molecular flexibility index (Phi) is 4.79. The van der Waals surface area contributed by atoms with E-state index in [4.69, 9.17) is 0 Å². The zero-order chi connectivity index (χ0) is 17.4. The molecule has 2 rings (SSSR count). The van der Waals surface area contributed by atoms with Crippen molar-refractivity contribution in [3.63, 3.8) is 0 Å². The van der Waals surface area contributed by atoms with Crippen LogP contribution in [0.1, 0.15) is 40.7 Å². The summed E-state index contributed by atoms with van der Waals surface area (Å²) in [5, 5.41) is 11.9. The van der Waals surface area contributed by atoms with Crippen molar-refractivity contribution in [1.82, 2.24) is 5.32 Å². The quantitative estimate of drug-likeness (QED) is 0.869. The van der Waals surface area contributed by atoms with Crippen LogP contribution < -0.4 is 5.32 Å². The molecule has 1 aliphatic rings. The number of carboxylic acid groups (broad SMARTS) is 1. The topological polar surface area (TPSA) is 101 Å². The average Bonchev–Trinajstić information content (AvgIpc) is 2.88. The van der Waals surface area contributed by atoms with E-state index in [1.54, 1.807) is 13.8 Å². The monoisotopic (exact) mass is 339 g/mol. The summed E-state index contributed by atoms with van der Waals surface area (Å²) in [7, 11) is -3.42. The Labute approximate surface area is 135 Å². The van der Waals surface area contributed by atoms with Crippen LogP contribution in [-0.4, -0.2) is 37.7 Å². The Morgan fingerprint density at radius 2 is 1.87 bits per heavy atom. The molecule has 0 radical (unpaired) electrons. The molecule has 1 fully saturated rings. The molecule has 1 saturated carbocycles. The molecule has 7 heteroatoms. The number of hydrogen-bond donors (Lipinski definition) is 2. The summed E-state index contributed by atoms with van der Waals surface area (Å²) in [5.74, 6) is -1.92. The van der Waals surface area contributed by atoms with Gasteiger partial charge in [0.25, 0.3) is 5.91 Å². The Morgan fingerprint density at radius 1 is 1.22 bits per heavy atom. The second-order valence-electron chi connectivity index (χ2n) is 6.14. The number of carboxylic acids is 1. The van der Waals surface area contributed by atoms with Gasteiger partial charge in [-0.3, -0.25) is 9.59 Å². The highest BCUT2D eigenvalue weighted by atomic mass is 32.2. The fourth-order valence-electron chi connectivity index (χ4n) is 2.95. The fraction of sp³-hybridized carbons (Fsp3) is 0.500. The first-order chi connectivity index (χ1) is 10.6. The third-order valence-electron chi connectivity index (χ3n) is 4.46. The van der Waals surface area contributed by atoms with E-state index >= 15 is 0 Å². The average molecular weight is 339 g/mol. The van der Waals surface area contributed by atoms with Crippen LogP contribution in [0.25, 0.3) is 0 Å². The molecular weight excluding hydrogens is 318 g/mol. The van der Waals surface area contributed by atoms with Crippen LogP contribution >= 0.6 is 0 Å². The molecule has 0 unspecified atom stereocenters. The summed E-state index contributed by atoms with van der Waals surface area (Å²) in [4.78, 5) is 23.8. The number of nitrogens with one attached hydrogen (secondary N) is 1. The van der Waals surface area contributed by atoms with Crippen molar-refractivity contribution in [1.29, 1.82) is 0 Å². The molecule has 126 valence electrons. The largest absolute Gasteiger partial charge is 0.481 e. The second-order valence-corrected chi connectivity index (χ2v) is 8.16. The second kappa shape index (κ2) is 6.31. The Balaban J connectivity index is 2.32. The van der Waals surface area contributed by atoms with Crippen molar-refractivity contribution in [2.75, 3.05) is 6.26 Å². The van der Waals surface area contributed by atoms with Crippen molar-refractivity contribution >= 4 is 21.7 Å². The molecular formula is C16H21NO5S. The van der Waals surface area contributed by atoms with Crippen molar-refractivity contribution in [2.24, 2.45) is 5.92 Å². The van der Waals surface area contributed by atoms with Gasteiger partial charge in [-0.1, -0.05) is 6.42 Å². The number of benzene rings is 1. The lowest BCUT2D eigenvalue weighted by molar-refractivity contribution is -0.142. The number of amides is 1. The standard InChI is InChI=1S/C16H21NO5S/c1-9-7-11(23(3,21)22)8-13(10(9)2)15(18)17-14-6-4-5-12(14)16(19)20/h7-8,12,14H,4-6H2,1-3H3,(H,17,18)(H,19,20)/t12-,14+/m0/s1. The SMILES string of the molecule is Cc1cc(S(C)(=O)=O)cc(C(=O)N[C@@H]2CCC[C@@H]2C(=O)O)c1C. The van der Waals surface area contributed by atoms with Crippen LogP contribution in [0, 0.1) is 19.8 Å². The van der Waals surface area contributed by atoms with Crippen LogP contribution in [0.4, 0.5) is 0 Å². The third kappa shape index (κ3) is 3.72. The molecule has 1 amide bonds. The number of carbonyl (C=O) groups excluding carboxylic acids is 1. The summed E-state index contributed by atoms with van der Waals surface area (Å²) >= 11 is 0. The van der Waals surface area contributed by atoms with Crippen LogP contribution in [0.3, 0.4) is 0 Å². The Bertz CT molecular complexity index is 754. The number of sulfone groups is 1. The number of hydrogen-bond acceptors (Lipinski definition) is 4. The first kappa shape index (κ1) is 17.5. The first-order valence-corrected chi connectivity index (χ1v) is 9.35. The highest BCUT2D eigenvalue weighted by molar-refractivity contribution is 7.90. The molecule has 6 nitrogen and oxygen atoms in total. The van der Waals surface area contributed by atoms with E-state index in [1.165, 1.54) is 12.1 Å². The van der Waals surface area contributed by atoms with Gasteiger partial charge in [0.05, 0.1) is 10.8 Å². The fourth-order valence-corrected chi connectivity index (χ4v) is 3.67. The maximum atomic E-state index is 12.5. The summed E-state index contributed by atoms with van der Waals surface area (Å²) in [6.07, 6.45) is 3.01. The van der Waals surface area contributed by atoms with Crippen LogP contribution in [0.15, 0.2) is 17.0 Å². The molecule has 0 aliphatic heterocycles. The lowest BCUT2D eigenvalue weighted by Crippen LogP contribution is -2.40. The molecule has 1 aliphatic carbocycles. The number of rotatable bonds is 4. The predicted molar refractivity (Wildman–Crippen MR) is 85.3 cm³/mol. The molecule has 0 bridgehead atoms. The highest BCUT2D eigenvalue weighted by Gasteiger charge is 2.34. The first-order valence-electron chi connectivity index (χ1n) is 7.46. The molecule has 2 atom stereocenters. The van der Waals surface area contributed by atoms with E-state index in [0.717, 1.165) is 12.7 Å². The van der Waals surface area contributed by atoms with Gasteiger partial charge in [0, 0.05) is 17.9 Å². The Hall–Kier alpha value is -1.89. The van der Waals surface area contributed by atoms with E-state index in [-0.39, 0.29) is 10.5 Å². The van der Waals surface area contributed by atoms with Crippen LogP contribution in [0.5, 0.6) is 0 Å². The maximum Gasteiger partial charge on any atom is 0.308 e. The normalized spacial score (nSPS) is 21.2. The molecule has 0 aromatic heterocycles. The molecule has 0 saturated heterocycles. The minimum absolute atomic E-state index is 0.0898. The van der Waals surface area contributed by atoms with Crippen LogP contribution in [0.2, 0.25) is 0 Å². The van der Waals surface area contributed by atoms with Crippen molar-refractivity contribution < 1.29 is 23.1 Å². The van der Waals surface area contributed by atoms with Gasteiger partial charge >= 0.3 is 5.97 Å². The van der Waals surface area contributed by atoms with Gasteiger partial charge in [-0.25, -0.2) is 8.42 Å². The van der Waals surface area contributed by atoms with E-state index in [9.17, 15) is 23.1 Å². The van der Waals surface area contributed by atoms with Gasteiger partial charge in [0.1, 0.15) is 0 Å². The van der Waals surface area contributed by atoms with Crippen molar-refractivity contribution in [3.05, 3.63) is 28.8 Å². The molecule has 0 spiro atoms. The maximum absolute atomic E-state index is 12.5. The number of aliphatic carboxylic acids is 1. The van der Waals surface area contributed by atoms with E-state index in [2.05, 4.69) is 5.32 Å². The predicted octanol–water partition coefficient (Wildman–Crippen LogP) is 1.69. The van der Waals surface area contributed by atoms with Gasteiger partial charge in [0.15, 0.2) is 9.84 Å². The lowest BCUT2D eigenvalue weighted by Gasteiger charge is -2.19. The van der Waals surface area contributed by atoms with Gasteiger partial charge in [-0.15, -0.1) is 0 Å². The number of aryl methyl sites for hydroxylation is 1. The molecule has 0 heterocycles. The molecule has 1 aromatic carbocycles. The zero-order valence-electron chi connectivity index (χ0n) is 13.4. The molecule has 2 N–H and O–H groups in total. The van der Waals surface area contributed by atoms with Gasteiger partial charge in [-0.2, -0.15) is 0 Å². The minimum atomic E-state index is -3.42. The highest BCUT2D eigenvalue weighted by Crippen LogP contribution is 2.27. The third-order valence-corrected chi connectivity index (χ3v) is 5.56. The van der Waals surface area contributed by atoms with Gasteiger partial charge in [-0.05, 0) is 49.9 Å². The Morgan fingerprint density at radius 3 is 2.43 bits per heavy atom. The molecule has 23 heavy (non-hydrogen) atoms. The summed E-state index contributed by atoms with van der Waals surface area (Å²) in [6, 6.07) is 2.48. The van der Waals surface area contributed by atoms with Gasteiger partial charge < -0.3 is 10.4 Å². The lowest BCUT2D eigenvalue weighted by atomic mass is 10.0. The van der Waals surface area contributed by atoms with E-state index < -0.39 is 33.7 Å². The summed E-state index contributed by atoms with van der Waals surface area (Å²) in [5.41, 5.74) is 1.68. The van der Waals surface area contributed by atoms with Crippen LogP contribution in [-0.2, 0) is 14.6 Å². The molecule has 1 aromatic rings. The van der Waals surface area contributed by atoms with E-state index in [1.807, 2.05) is 0 Å². The summed E-state index contributed by atoms with van der Waals surface area (Å²) in [6.45, 7) is 3.50. The van der Waals surface area contributed by atoms with Crippen molar-refractivity contribution in [2.45, 2.75) is 44.0 Å². The summed E-state index contributed by atoms with van der Waals surface area (Å²) < 4.78 is 23.5. The van der Waals surface area contributed by atoms with E-state index in [0.29, 0.717) is 24.0 Å². The van der Waals surface area contributed by atoms with Gasteiger partial charge in [0.2, 0.25) is 0 Å².